The Balaban J connectivity index is 1.64. The molecule has 1 heterocycles. The van der Waals surface area contributed by atoms with Gasteiger partial charge in [0.05, 0.1) is 6.54 Å². The largest absolute Gasteiger partial charge is 0.488 e. The second-order valence-corrected chi connectivity index (χ2v) is 5.61. The van der Waals surface area contributed by atoms with Crippen LogP contribution in [-0.2, 0) is 11.2 Å². The van der Waals surface area contributed by atoms with Crippen molar-refractivity contribution >= 4 is 5.97 Å². The number of aryl methyl sites for hydroxylation is 1. The first kappa shape index (κ1) is 12.5. The lowest BCUT2D eigenvalue weighted by molar-refractivity contribution is -0.138. The van der Waals surface area contributed by atoms with E-state index >= 15 is 0 Å². The van der Waals surface area contributed by atoms with Crippen molar-refractivity contribution in [3.63, 3.8) is 0 Å². The molecule has 0 spiro atoms. The van der Waals surface area contributed by atoms with Gasteiger partial charge in [-0.15, -0.1) is 0 Å². The highest BCUT2D eigenvalue weighted by Crippen LogP contribution is 2.32. The lowest BCUT2D eigenvalue weighted by Crippen LogP contribution is -2.39. The average Bonchev–Trinajstić information content (AvgIpc) is 3.10. The fourth-order valence-electron chi connectivity index (χ4n) is 2.77. The smallest absolute Gasteiger partial charge is 0.317 e. The number of hydrogen-bond acceptors (Lipinski definition) is 3. The Morgan fingerprint density at radius 1 is 1.47 bits per heavy atom. The molecule has 19 heavy (non-hydrogen) atoms. The van der Waals surface area contributed by atoms with Gasteiger partial charge in [-0.3, -0.25) is 9.69 Å². The average molecular weight is 261 g/mol. The molecule has 1 aliphatic carbocycles. The van der Waals surface area contributed by atoms with Crippen molar-refractivity contribution in [2.24, 2.45) is 0 Å². The van der Waals surface area contributed by atoms with Crippen molar-refractivity contribution in [3.8, 4) is 5.75 Å². The molecule has 1 aliphatic heterocycles. The Kier molecular flexibility index (Phi) is 3.19. The van der Waals surface area contributed by atoms with Crippen molar-refractivity contribution < 1.29 is 14.6 Å². The molecule has 4 heteroatoms. The molecule has 0 saturated heterocycles. The summed E-state index contributed by atoms with van der Waals surface area (Å²) >= 11 is 0. The molecular weight excluding hydrogens is 242 g/mol. The second kappa shape index (κ2) is 4.85. The second-order valence-electron chi connectivity index (χ2n) is 5.61. The molecule has 2 aliphatic rings. The topological polar surface area (TPSA) is 49.8 Å². The van der Waals surface area contributed by atoms with Crippen molar-refractivity contribution in [1.82, 2.24) is 4.90 Å². The molecule has 1 atom stereocenters. The molecule has 1 N–H and O–H groups in total. The minimum atomic E-state index is -0.752. The number of aliphatic carboxylic acids is 1. The van der Waals surface area contributed by atoms with Gasteiger partial charge >= 0.3 is 5.97 Å². The summed E-state index contributed by atoms with van der Waals surface area (Å²) in [6.07, 6.45) is 3.22. The number of carbonyl (C=O) groups is 1. The highest BCUT2D eigenvalue weighted by atomic mass is 16.5. The molecule has 4 nitrogen and oxygen atoms in total. The van der Waals surface area contributed by atoms with Crippen LogP contribution in [0.1, 0.15) is 24.0 Å². The Bertz CT molecular complexity index is 496. The van der Waals surface area contributed by atoms with E-state index in [2.05, 4.69) is 19.1 Å². The van der Waals surface area contributed by atoms with Crippen LogP contribution in [0.4, 0.5) is 0 Å². The molecule has 1 aromatic rings. The van der Waals surface area contributed by atoms with E-state index in [9.17, 15) is 4.79 Å². The van der Waals surface area contributed by atoms with E-state index in [0.717, 1.165) is 25.0 Å². The molecule has 1 saturated carbocycles. The fourth-order valence-corrected chi connectivity index (χ4v) is 2.77. The van der Waals surface area contributed by atoms with Gasteiger partial charge in [-0.1, -0.05) is 17.7 Å². The lowest BCUT2D eigenvalue weighted by Gasteiger charge is -2.23. The Morgan fingerprint density at radius 3 is 2.95 bits per heavy atom. The minimum Gasteiger partial charge on any atom is -0.488 e. The molecule has 1 unspecified atom stereocenters. The zero-order chi connectivity index (χ0) is 13.4. The third-order valence-electron chi connectivity index (χ3n) is 3.80. The van der Waals surface area contributed by atoms with E-state index < -0.39 is 5.97 Å². The highest BCUT2D eigenvalue weighted by molar-refractivity contribution is 5.69. The summed E-state index contributed by atoms with van der Waals surface area (Å²) in [6.45, 7) is 2.92. The molecule has 102 valence electrons. The Morgan fingerprint density at radius 2 is 2.26 bits per heavy atom. The minimum absolute atomic E-state index is 0.0942. The summed E-state index contributed by atoms with van der Waals surface area (Å²) in [5.41, 5.74) is 2.49. The fraction of sp³-hybridized carbons (Fsp3) is 0.533. The summed E-state index contributed by atoms with van der Waals surface area (Å²) < 4.78 is 5.92. The third kappa shape index (κ3) is 2.89. The van der Waals surface area contributed by atoms with Gasteiger partial charge in [0.1, 0.15) is 11.9 Å². The highest BCUT2D eigenvalue weighted by Gasteiger charge is 2.34. The van der Waals surface area contributed by atoms with E-state index in [4.69, 9.17) is 9.84 Å². The van der Waals surface area contributed by atoms with E-state index in [-0.39, 0.29) is 12.6 Å². The molecule has 0 radical (unpaired) electrons. The zero-order valence-corrected chi connectivity index (χ0v) is 11.1. The van der Waals surface area contributed by atoms with Gasteiger partial charge in [-0.05, 0) is 31.4 Å². The van der Waals surface area contributed by atoms with Crippen LogP contribution in [0.15, 0.2) is 18.2 Å². The molecular formula is C15H19NO3. The van der Waals surface area contributed by atoms with Crippen molar-refractivity contribution in [2.45, 2.75) is 38.3 Å². The maximum atomic E-state index is 10.9. The first-order valence-electron chi connectivity index (χ1n) is 6.84. The SMILES string of the molecule is Cc1ccc2c(c1)CC(CN(CC(=O)O)C1CC1)O2. The number of nitrogens with zero attached hydrogens (tertiary/aromatic N) is 1. The Labute approximate surface area is 113 Å². The molecule has 1 fully saturated rings. The standard InChI is InChI=1S/C15H19NO3/c1-10-2-5-14-11(6-10)7-13(19-14)8-16(9-15(17)18)12-3-4-12/h2,5-6,12-13H,3-4,7-9H2,1H3,(H,17,18). The quantitative estimate of drug-likeness (QED) is 0.878. The van der Waals surface area contributed by atoms with Crippen LogP contribution in [0.5, 0.6) is 5.75 Å². The van der Waals surface area contributed by atoms with Crippen molar-refractivity contribution in [2.75, 3.05) is 13.1 Å². The van der Waals surface area contributed by atoms with E-state index in [1.807, 2.05) is 11.0 Å². The Hall–Kier alpha value is -1.55. The number of carboxylic acid groups (broad SMARTS) is 1. The van der Waals surface area contributed by atoms with Crippen molar-refractivity contribution in [3.05, 3.63) is 29.3 Å². The summed E-state index contributed by atoms with van der Waals surface area (Å²) in [5.74, 6) is 0.208. The normalized spacial score (nSPS) is 21.3. The summed E-state index contributed by atoms with van der Waals surface area (Å²) in [4.78, 5) is 12.9. The third-order valence-corrected chi connectivity index (χ3v) is 3.80. The number of fused-ring (bicyclic) bond motifs is 1. The summed E-state index contributed by atoms with van der Waals surface area (Å²) in [5, 5.41) is 8.96. The van der Waals surface area contributed by atoms with Crippen LogP contribution in [0.25, 0.3) is 0 Å². The molecule has 0 aromatic heterocycles. The van der Waals surface area contributed by atoms with Crippen LogP contribution in [0.3, 0.4) is 0 Å². The predicted octanol–water partition coefficient (Wildman–Crippen LogP) is 1.85. The lowest BCUT2D eigenvalue weighted by atomic mass is 10.1. The van der Waals surface area contributed by atoms with Gasteiger partial charge in [0.25, 0.3) is 0 Å². The van der Waals surface area contributed by atoms with Gasteiger partial charge in [0, 0.05) is 19.0 Å². The van der Waals surface area contributed by atoms with Gasteiger partial charge in [0.2, 0.25) is 0 Å². The maximum Gasteiger partial charge on any atom is 0.317 e. The van der Waals surface area contributed by atoms with E-state index in [1.165, 1.54) is 11.1 Å². The van der Waals surface area contributed by atoms with Gasteiger partial charge < -0.3 is 9.84 Å². The van der Waals surface area contributed by atoms with Crippen LogP contribution >= 0.6 is 0 Å². The van der Waals surface area contributed by atoms with E-state index in [1.54, 1.807) is 0 Å². The van der Waals surface area contributed by atoms with Gasteiger partial charge in [-0.25, -0.2) is 0 Å². The van der Waals surface area contributed by atoms with Crippen LogP contribution < -0.4 is 4.74 Å². The monoisotopic (exact) mass is 261 g/mol. The van der Waals surface area contributed by atoms with Crippen LogP contribution in [-0.4, -0.2) is 41.2 Å². The summed E-state index contributed by atoms with van der Waals surface area (Å²) in [6, 6.07) is 6.68. The van der Waals surface area contributed by atoms with Gasteiger partial charge in [0.15, 0.2) is 0 Å². The van der Waals surface area contributed by atoms with Crippen molar-refractivity contribution in [1.29, 1.82) is 0 Å². The molecule has 1 aromatic carbocycles. The number of carboxylic acids is 1. The van der Waals surface area contributed by atoms with Gasteiger partial charge in [-0.2, -0.15) is 0 Å². The van der Waals surface area contributed by atoms with Crippen LogP contribution in [0, 0.1) is 6.92 Å². The number of hydrogen-bond donors (Lipinski definition) is 1. The molecule has 3 rings (SSSR count). The zero-order valence-electron chi connectivity index (χ0n) is 11.1. The number of rotatable bonds is 5. The maximum absolute atomic E-state index is 10.9. The number of benzene rings is 1. The molecule has 0 bridgehead atoms. The van der Waals surface area contributed by atoms with E-state index in [0.29, 0.717) is 12.6 Å². The summed E-state index contributed by atoms with van der Waals surface area (Å²) in [7, 11) is 0. The van der Waals surface area contributed by atoms with Crippen LogP contribution in [0.2, 0.25) is 0 Å². The number of ether oxygens (including phenoxy) is 1. The first-order chi connectivity index (χ1) is 9.11. The predicted molar refractivity (Wildman–Crippen MR) is 71.5 cm³/mol. The first-order valence-corrected chi connectivity index (χ1v) is 6.84. The molecule has 0 amide bonds.